The van der Waals surface area contributed by atoms with Crippen LogP contribution in [0.5, 0.6) is 5.88 Å². The summed E-state index contributed by atoms with van der Waals surface area (Å²) in [4.78, 5) is 5.29. The first-order valence-electron chi connectivity index (χ1n) is 6.30. The molecule has 5 heteroatoms. The summed E-state index contributed by atoms with van der Waals surface area (Å²) in [5.41, 5.74) is 0.757. The maximum atomic E-state index is 13.2. The molecule has 0 aliphatic heterocycles. The molecule has 0 aromatic carbocycles. The summed E-state index contributed by atoms with van der Waals surface area (Å²) >= 11 is 1.71. The number of aromatic nitrogens is 1. The Morgan fingerprint density at radius 3 is 3.11 bits per heavy atom. The van der Waals surface area contributed by atoms with E-state index in [1.807, 2.05) is 18.4 Å². The van der Waals surface area contributed by atoms with E-state index in [2.05, 4.69) is 16.4 Å². The van der Waals surface area contributed by atoms with Crippen LogP contribution in [0.25, 0.3) is 0 Å². The van der Waals surface area contributed by atoms with Crippen molar-refractivity contribution in [2.24, 2.45) is 0 Å². The highest BCUT2D eigenvalue weighted by molar-refractivity contribution is 7.09. The number of nitrogens with one attached hydrogen (secondary N) is 1. The number of rotatable bonds is 7. The number of halogens is 1. The Bertz CT molecular complexity index is 502. The first kappa shape index (κ1) is 14.0. The van der Waals surface area contributed by atoms with Crippen molar-refractivity contribution in [1.29, 1.82) is 0 Å². The molecule has 0 aliphatic carbocycles. The van der Waals surface area contributed by atoms with Crippen LogP contribution in [0, 0.1) is 5.82 Å². The van der Waals surface area contributed by atoms with Gasteiger partial charge in [0, 0.05) is 23.4 Å². The van der Waals surface area contributed by atoms with E-state index >= 15 is 0 Å². The Balaban J connectivity index is 1.94. The van der Waals surface area contributed by atoms with Crippen molar-refractivity contribution < 1.29 is 9.13 Å². The van der Waals surface area contributed by atoms with E-state index in [4.69, 9.17) is 4.74 Å². The van der Waals surface area contributed by atoms with Crippen LogP contribution in [-0.2, 0) is 13.0 Å². The lowest BCUT2D eigenvalue weighted by Gasteiger charge is -2.10. The Labute approximate surface area is 116 Å². The number of ether oxygens (including phenoxy) is 1. The smallest absolute Gasteiger partial charge is 0.218 e. The van der Waals surface area contributed by atoms with Gasteiger partial charge in [0.1, 0.15) is 5.82 Å². The average molecular weight is 280 g/mol. The summed E-state index contributed by atoms with van der Waals surface area (Å²) in [5.74, 6) is 0.178. The van der Waals surface area contributed by atoms with E-state index in [0.717, 1.165) is 18.5 Å². The standard InChI is InChI=1S/C14H17FN2OS/c1-2-16-9-11-8-12(15)10-17-14(11)18-6-5-13-4-3-7-19-13/h3-4,7-8,10,16H,2,5-6,9H2,1H3. The van der Waals surface area contributed by atoms with E-state index in [0.29, 0.717) is 19.0 Å². The predicted molar refractivity (Wildman–Crippen MR) is 75.1 cm³/mol. The molecule has 0 spiro atoms. The summed E-state index contributed by atoms with van der Waals surface area (Å²) in [6.45, 7) is 3.95. The topological polar surface area (TPSA) is 34.2 Å². The van der Waals surface area contributed by atoms with E-state index < -0.39 is 0 Å². The number of thiophene rings is 1. The van der Waals surface area contributed by atoms with Crippen LogP contribution in [0.15, 0.2) is 29.8 Å². The van der Waals surface area contributed by atoms with Crippen LogP contribution >= 0.6 is 11.3 Å². The van der Waals surface area contributed by atoms with Crippen molar-refractivity contribution in [2.45, 2.75) is 19.9 Å². The molecular weight excluding hydrogens is 263 g/mol. The first-order chi connectivity index (χ1) is 9.29. The average Bonchev–Trinajstić information content (AvgIpc) is 2.91. The highest BCUT2D eigenvalue weighted by Crippen LogP contribution is 2.17. The summed E-state index contributed by atoms with van der Waals surface area (Å²) in [5, 5.41) is 5.20. The third-order valence-electron chi connectivity index (χ3n) is 2.62. The molecule has 2 aromatic heterocycles. The molecule has 3 nitrogen and oxygen atoms in total. The van der Waals surface area contributed by atoms with Crippen molar-refractivity contribution in [3.63, 3.8) is 0 Å². The second kappa shape index (κ2) is 7.21. The second-order valence-electron chi connectivity index (χ2n) is 4.08. The Morgan fingerprint density at radius 2 is 2.37 bits per heavy atom. The van der Waals surface area contributed by atoms with Crippen LogP contribution < -0.4 is 10.1 Å². The first-order valence-corrected chi connectivity index (χ1v) is 7.18. The van der Waals surface area contributed by atoms with Gasteiger partial charge in [0.2, 0.25) is 5.88 Å². The van der Waals surface area contributed by atoms with Gasteiger partial charge < -0.3 is 10.1 Å². The van der Waals surface area contributed by atoms with Crippen molar-refractivity contribution in [1.82, 2.24) is 10.3 Å². The number of pyridine rings is 1. The van der Waals surface area contributed by atoms with Gasteiger partial charge >= 0.3 is 0 Å². The molecule has 0 atom stereocenters. The maximum absolute atomic E-state index is 13.2. The van der Waals surface area contributed by atoms with Gasteiger partial charge in [-0.1, -0.05) is 13.0 Å². The highest BCUT2D eigenvalue weighted by atomic mass is 32.1. The summed E-state index contributed by atoms with van der Waals surface area (Å²) < 4.78 is 18.8. The number of hydrogen-bond donors (Lipinski definition) is 1. The molecule has 0 radical (unpaired) electrons. The van der Waals surface area contributed by atoms with Crippen LogP contribution in [0.1, 0.15) is 17.4 Å². The predicted octanol–water partition coefficient (Wildman–Crippen LogP) is 3.01. The Kier molecular flexibility index (Phi) is 5.30. The van der Waals surface area contributed by atoms with E-state index in [1.165, 1.54) is 17.1 Å². The minimum atomic E-state index is -0.335. The molecule has 0 bridgehead atoms. The zero-order valence-corrected chi connectivity index (χ0v) is 11.7. The third kappa shape index (κ3) is 4.29. The molecule has 2 rings (SSSR count). The van der Waals surface area contributed by atoms with Gasteiger partial charge in [-0.15, -0.1) is 11.3 Å². The summed E-state index contributed by atoms with van der Waals surface area (Å²) in [6, 6.07) is 5.56. The van der Waals surface area contributed by atoms with Gasteiger partial charge in [-0.25, -0.2) is 9.37 Å². The molecule has 2 heterocycles. The fraction of sp³-hybridized carbons (Fsp3) is 0.357. The van der Waals surface area contributed by atoms with Crippen molar-refractivity contribution in [3.05, 3.63) is 46.0 Å². The lowest BCUT2D eigenvalue weighted by molar-refractivity contribution is 0.305. The zero-order valence-electron chi connectivity index (χ0n) is 10.9. The van der Waals surface area contributed by atoms with E-state index in [-0.39, 0.29) is 5.82 Å². The van der Waals surface area contributed by atoms with E-state index in [9.17, 15) is 4.39 Å². The fourth-order valence-electron chi connectivity index (χ4n) is 1.69. The molecule has 2 aromatic rings. The molecule has 1 N–H and O–H groups in total. The van der Waals surface area contributed by atoms with E-state index in [1.54, 1.807) is 11.3 Å². The minimum absolute atomic E-state index is 0.335. The van der Waals surface area contributed by atoms with Crippen LogP contribution in [0.4, 0.5) is 4.39 Å². The molecule has 0 saturated carbocycles. The normalized spacial score (nSPS) is 10.6. The van der Waals surface area contributed by atoms with Gasteiger partial charge in [-0.05, 0) is 24.1 Å². The molecule has 0 unspecified atom stereocenters. The molecule has 19 heavy (non-hydrogen) atoms. The van der Waals surface area contributed by atoms with Crippen molar-refractivity contribution in [2.75, 3.05) is 13.2 Å². The minimum Gasteiger partial charge on any atom is -0.477 e. The second-order valence-corrected chi connectivity index (χ2v) is 5.11. The SMILES string of the molecule is CCNCc1cc(F)cnc1OCCc1cccs1. The quantitative estimate of drug-likeness (QED) is 0.846. The van der Waals surface area contributed by atoms with Gasteiger partial charge in [-0.2, -0.15) is 0 Å². The third-order valence-corrected chi connectivity index (χ3v) is 3.56. The molecule has 0 amide bonds. The lowest BCUT2D eigenvalue weighted by Crippen LogP contribution is -2.14. The van der Waals surface area contributed by atoms with Gasteiger partial charge in [-0.3, -0.25) is 0 Å². The van der Waals surface area contributed by atoms with Gasteiger partial charge in [0.15, 0.2) is 0 Å². The largest absolute Gasteiger partial charge is 0.477 e. The summed E-state index contributed by atoms with van der Waals surface area (Å²) in [6.07, 6.45) is 2.04. The molecular formula is C14H17FN2OS. The fourth-order valence-corrected chi connectivity index (χ4v) is 2.38. The van der Waals surface area contributed by atoms with Crippen LogP contribution in [-0.4, -0.2) is 18.1 Å². The summed E-state index contributed by atoms with van der Waals surface area (Å²) in [7, 11) is 0. The van der Waals surface area contributed by atoms with Crippen LogP contribution in [0.3, 0.4) is 0 Å². The lowest BCUT2D eigenvalue weighted by atomic mass is 10.2. The Morgan fingerprint density at radius 1 is 1.47 bits per heavy atom. The molecule has 0 aliphatic rings. The van der Waals surface area contributed by atoms with Gasteiger partial charge in [0.05, 0.1) is 12.8 Å². The molecule has 102 valence electrons. The number of nitrogens with zero attached hydrogens (tertiary/aromatic N) is 1. The number of hydrogen-bond acceptors (Lipinski definition) is 4. The molecule has 0 saturated heterocycles. The molecule has 0 fully saturated rings. The van der Waals surface area contributed by atoms with Crippen molar-refractivity contribution in [3.8, 4) is 5.88 Å². The zero-order chi connectivity index (χ0) is 13.5. The van der Waals surface area contributed by atoms with Crippen molar-refractivity contribution >= 4 is 11.3 Å². The van der Waals surface area contributed by atoms with Crippen LogP contribution in [0.2, 0.25) is 0 Å². The maximum Gasteiger partial charge on any atom is 0.218 e. The monoisotopic (exact) mass is 280 g/mol. The highest BCUT2D eigenvalue weighted by Gasteiger charge is 2.07. The van der Waals surface area contributed by atoms with Gasteiger partial charge in [0.25, 0.3) is 0 Å². The Hall–Kier alpha value is -1.46.